The van der Waals surface area contributed by atoms with Crippen molar-refractivity contribution in [2.45, 2.75) is 25.6 Å². The summed E-state index contributed by atoms with van der Waals surface area (Å²) in [6.45, 7) is 2.52. The molecule has 0 spiro atoms. The molecular weight excluding hydrogens is 289 g/mol. The van der Waals surface area contributed by atoms with Gasteiger partial charge in [0.25, 0.3) is 0 Å². The molecule has 0 aromatic carbocycles. The molecule has 2 aromatic rings. The van der Waals surface area contributed by atoms with Crippen LogP contribution in [0.4, 0.5) is 13.2 Å². The standard InChI is InChI=1S/C12H13F3N4S/c1-2-4-17-11(10-7-20-19-18-10)8-6-16-5-3-9(8)12(13,14)15/h3,5-7,11,17H,2,4H2,1H3. The molecule has 0 fully saturated rings. The van der Waals surface area contributed by atoms with E-state index in [9.17, 15) is 13.2 Å². The Hall–Kier alpha value is -1.54. The largest absolute Gasteiger partial charge is 0.416 e. The first-order chi connectivity index (χ1) is 9.54. The van der Waals surface area contributed by atoms with Crippen LogP contribution in [0, 0.1) is 0 Å². The van der Waals surface area contributed by atoms with E-state index in [1.54, 1.807) is 5.38 Å². The quantitative estimate of drug-likeness (QED) is 0.922. The fraction of sp³-hybridized carbons (Fsp3) is 0.417. The summed E-state index contributed by atoms with van der Waals surface area (Å²) >= 11 is 1.11. The predicted octanol–water partition coefficient (Wildman–Crippen LogP) is 3.04. The van der Waals surface area contributed by atoms with Gasteiger partial charge < -0.3 is 5.32 Å². The fourth-order valence-corrected chi connectivity index (χ4v) is 2.33. The molecule has 0 aliphatic rings. The molecule has 0 saturated heterocycles. The summed E-state index contributed by atoms with van der Waals surface area (Å²) < 4.78 is 43.0. The van der Waals surface area contributed by atoms with Gasteiger partial charge in [-0.05, 0) is 30.6 Å². The van der Waals surface area contributed by atoms with Crippen molar-refractivity contribution in [1.29, 1.82) is 0 Å². The van der Waals surface area contributed by atoms with Gasteiger partial charge in [0.05, 0.1) is 17.3 Å². The van der Waals surface area contributed by atoms with Gasteiger partial charge in [0.15, 0.2) is 0 Å². The number of aromatic nitrogens is 3. The predicted molar refractivity (Wildman–Crippen MR) is 69.3 cm³/mol. The third-order valence-corrected chi connectivity index (χ3v) is 3.26. The molecule has 2 rings (SSSR count). The molecule has 2 heterocycles. The van der Waals surface area contributed by atoms with Gasteiger partial charge in [0.2, 0.25) is 0 Å². The molecule has 2 aromatic heterocycles. The maximum atomic E-state index is 13.1. The molecule has 1 N–H and O–H groups in total. The number of nitrogens with one attached hydrogen (secondary N) is 1. The molecule has 4 nitrogen and oxygen atoms in total. The van der Waals surface area contributed by atoms with Crippen molar-refractivity contribution >= 4 is 11.5 Å². The van der Waals surface area contributed by atoms with E-state index in [2.05, 4.69) is 19.9 Å². The van der Waals surface area contributed by atoms with E-state index >= 15 is 0 Å². The molecule has 0 aliphatic heterocycles. The van der Waals surface area contributed by atoms with Gasteiger partial charge in [0.1, 0.15) is 0 Å². The number of hydrogen-bond acceptors (Lipinski definition) is 5. The van der Waals surface area contributed by atoms with Crippen molar-refractivity contribution in [3.05, 3.63) is 40.7 Å². The SMILES string of the molecule is CCCNC(c1csnn1)c1cnccc1C(F)(F)F. The van der Waals surface area contributed by atoms with Crippen molar-refractivity contribution < 1.29 is 13.2 Å². The molecule has 1 unspecified atom stereocenters. The van der Waals surface area contributed by atoms with Gasteiger partial charge in [-0.3, -0.25) is 4.98 Å². The molecular formula is C12H13F3N4S. The highest BCUT2D eigenvalue weighted by atomic mass is 32.1. The third-order valence-electron chi connectivity index (χ3n) is 2.74. The number of pyridine rings is 1. The second kappa shape index (κ2) is 6.27. The Kier molecular flexibility index (Phi) is 4.66. The number of halogens is 3. The Morgan fingerprint density at radius 3 is 2.80 bits per heavy atom. The zero-order valence-electron chi connectivity index (χ0n) is 10.7. The minimum absolute atomic E-state index is 0.0705. The lowest BCUT2D eigenvalue weighted by atomic mass is 10.0. The molecule has 0 radical (unpaired) electrons. The highest BCUT2D eigenvalue weighted by Crippen LogP contribution is 2.35. The van der Waals surface area contributed by atoms with Gasteiger partial charge in [-0.2, -0.15) is 13.2 Å². The molecule has 0 aliphatic carbocycles. The highest BCUT2D eigenvalue weighted by Gasteiger charge is 2.36. The average molecular weight is 302 g/mol. The minimum Gasteiger partial charge on any atom is -0.305 e. The van der Waals surface area contributed by atoms with Crippen LogP contribution in [0.5, 0.6) is 0 Å². The Morgan fingerprint density at radius 1 is 1.40 bits per heavy atom. The molecule has 1 atom stereocenters. The highest BCUT2D eigenvalue weighted by molar-refractivity contribution is 7.03. The monoisotopic (exact) mass is 302 g/mol. The van der Waals surface area contributed by atoms with E-state index in [1.165, 1.54) is 6.20 Å². The summed E-state index contributed by atoms with van der Waals surface area (Å²) in [5, 5.41) is 8.58. The van der Waals surface area contributed by atoms with Crippen molar-refractivity contribution in [3.8, 4) is 0 Å². The van der Waals surface area contributed by atoms with Crippen LogP contribution in [0.2, 0.25) is 0 Å². The lowest BCUT2D eigenvalue weighted by molar-refractivity contribution is -0.138. The van der Waals surface area contributed by atoms with Crippen LogP contribution in [0.1, 0.15) is 36.2 Å². The average Bonchev–Trinajstić information content (AvgIpc) is 2.92. The summed E-state index contributed by atoms with van der Waals surface area (Å²) in [4.78, 5) is 3.81. The van der Waals surface area contributed by atoms with Crippen molar-refractivity contribution in [3.63, 3.8) is 0 Å². The summed E-state index contributed by atoms with van der Waals surface area (Å²) in [6.07, 6.45) is -1.25. The zero-order valence-corrected chi connectivity index (χ0v) is 11.5. The van der Waals surface area contributed by atoms with Crippen molar-refractivity contribution in [1.82, 2.24) is 19.9 Å². The Morgan fingerprint density at radius 2 is 2.20 bits per heavy atom. The summed E-state index contributed by atoms with van der Waals surface area (Å²) in [7, 11) is 0. The topological polar surface area (TPSA) is 50.7 Å². The smallest absolute Gasteiger partial charge is 0.305 e. The minimum atomic E-state index is -4.42. The summed E-state index contributed by atoms with van der Waals surface area (Å²) in [5.41, 5.74) is -0.155. The van der Waals surface area contributed by atoms with Crippen LogP contribution in [0.3, 0.4) is 0 Å². The first-order valence-corrected chi connectivity index (χ1v) is 6.89. The number of hydrogen-bond donors (Lipinski definition) is 1. The van der Waals surface area contributed by atoms with Crippen molar-refractivity contribution in [2.75, 3.05) is 6.54 Å². The molecule has 8 heteroatoms. The maximum absolute atomic E-state index is 13.1. The number of rotatable bonds is 5. The second-order valence-electron chi connectivity index (χ2n) is 4.18. The Labute approximate surface area is 118 Å². The summed E-state index contributed by atoms with van der Waals surface area (Å²) in [5.74, 6) is 0. The van der Waals surface area contributed by atoms with Gasteiger partial charge in [0, 0.05) is 23.3 Å². The van der Waals surface area contributed by atoms with E-state index in [4.69, 9.17) is 0 Å². The molecule has 0 bridgehead atoms. The van der Waals surface area contributed by atoms with Gasteiger partial charge in [-0.15, -0.1) is 5.10 Å². The van der Waals surface area contributed by atoms with Crippen LogP contribution in [-0.2, 0) is 6.18 Å². The van der Waals surface area contributed by atoms with Crippen LogP contribution in [0.25, 0.3) is 0 Å². The summed E-state index contributed by atoms with van der Waals surface area (Å²) in [6, 6.07) is 0.328. The van der Waals surface area contributed by atoms with Crippen LogP contribution >= 0.6 is 11.5 Å². The second-order valence-corrected chi connectivity index (χ2v) is 4.79. The lowest BCUT2D eigenvalue weighted by Gasteiger charge is -2.20. The van der Waals surface area contributed by atoms with E-state index < -0.39 is 17.8 Å². The Balaban J connectivity index is 2.44. The first-order valence-electron chi connectivity index (χ1n) is 6.05. The van der Waals surface area contributed by atoms with Gasteiger partial charge >= 0.3 is 6.18 Å². The van der Waals surface area contributed by atoms with Crippen LogP contribution < -0.4 is 5.32 Å². The maximum Gasteiger partial charge on any atom is 0.416 e. The Bertz CT molecular complexity index is 542. The number of nitrogens with zero attached hydrogens (tertiary/aromatic N) is 3. The van der Waals surface area contributed by atoms with E-state index in [0.29, 0.717) is 12.2 Å². The normalized spacial score (nSPS) is 13.4. The third kappa shape index (κ3) is 3.31. The van der Waals surface area contributed by atoms with E-state index in [0.717, 1.165) is 30.2 Å². The van der Waals surface area contributed by atoms with Gasteiger partial charge in [-0.1, -0.05) is 11.4 Å². The molecule has 0 amide bonds. The lowest BCUT2D eigenvalue weighted by Crippen LogP contribution is -2.26. The van der Waals surface area contributed by atoms with Crippen LogP contribution in [-0.4, -0.2) is 21.1 Å². The molecule has 0 saturated carbocycles. The molecule has 108 valence electrons. The van der Waals surface area contributed by atoms with Gasteiger partial charge in [-0.25, -0.2) is 0 Å². The van der Waals surface area contributed by atoms with Crippen molar-refractivity contribution in [2.24, 2.45) is 0 Å². The zero-order chi connectivity index (χ0) is 14.6. The number of alkyl halides is 3. The van der Waals surface area contributed by atoms with Crippen LogP contribution in [0.15, 0.2) is 23.8 Å². The molecule has 20 heavy (non-hydrogen) atoms. The van der Waals surface area contributed by atoms with E-state index in [-0.39, 0.29) is 5.56 Å². The van der Waals surface area contributed by atoms with E-state index in [1.807, 2.05) is 6.92 Å². The fourth-order valence-electron chi connectivity index (χ4n) is 1.86. The first kappa shape index (κ1) is 14.9.